The minimum atomic E-state index is -0.0563. The lowest BCUT2D eigenvalue weighted by Crippen LogP contribution is -2.35. The van der Waals surface area contributed by atoms with Crippen LogP contribution >= 0.6 is 0 Å². The zero-order valence-corrected chi connectivity index (χ0v) is 11.0. The fourth-order valence-electron chi connectivity index (χ4n) is 2.54. The maximum atomic E-state index is 5.70. The molecule has 0 bridgehead atoms. The van der Waals surface area contributed by atoms with E-state index in [0.717, 1.165) is 45.1 Å². The van der Waals surface area contributed by atoms with E-state index in [1.165, 1.54) is 0 Å². The van der Waals surface area contributed by atoms with Gasteiger partial charge < -0.3 is 19.5 Å². The Morgan fingerprint density at radius 1 is 1.50 bits per heavy atom. The summed E-state index contributed by atoms with van der Waals surface area (Å²) in [5.41, 5.74) is -0.0220. The second-order valence-corrected chi connectivity index (χ2v) is 5.57. The van der Waals surface area contributed by atoms with Crippen molar-refractivity contribution in [3.63, 3.8) is 0 Å². The van der Waals surface area contributed by atoms with Crippen molar-refractivity contribution in [2.45, 2.75) is 24.9 Å². The molecule has 18 heavy (non-hydrogen) atoms. The standard InChI is InChI=1S/C12H20N4O2/c1-12(3-4-13-8-12)11-14-10(15-18-11)9-7-16(2)5-6-17-9/h9,13H,3-8H2,1-2H3. The molecule has 2 atom stereocenters. The first kappa shape index (κ1) is 12.1. The second kappa shape index (κ2) is 4.60. The van der Waals surface area contributed by atoms with Crippen LogP contribution in [0.2, 0.25) is 0 Å². The predicted octanol–water partition coefficient (Wildman–Crippen LogP) is 0.324. The van der Waals surface area contributed by atoms with Crippen LogP contribution in [0, 0.1) is 0 Å². The summed E-state index contributed by atoms with van der Waals surface area (Å²) in [6.45, 7) is 6.59. The Bertz CT molecular complexity index is 414. The molecule has 2 aliphatic heterocycles. The lowest BCUT2D eigenvalue weighted by atomic mass is 9.90. The van der Waals surface area contributed by atoms with E-state index < -0.39 is 0 Å². The molecular weight excluding hydrogens is 232 g/mol. The molecule has 3 heterocycles. The van der Waals surface area contributed by atoms with Gasteiger partial charge in [0, 0.05) is 19.6 Å². The third-order valence-electron chi connectivity index (χ3n) is 3.88. The van der Waals surface area contributed by atoms with Gasteiger partial charge in [-0.2, -0.15) is 4.98 Å². The number of aromatic nitrogens is 2. The van der Waals surface area contributed by atoms with Crippen LogP contribution in [0.3, 0.4) is 0 Å². The van der Waals surface area contributed by atoms with Crippen LogP contribution in [0.4, 0.5) is 0 Å². The van der Waals surface area contributed by atoms with Crippen LogP contribution in [0.5, 0.6) is 0 Å². The molecule has 0 aliphatic carbocycles. The molecule has 2 aliphatic rings. The summed E-state index contributed by atoms with van der Waals surface area (Å²) in [7, 11) is 2.08. The molecule has 2 unspecified atom stereocenters. The van der Waals surface area contributed by atoms with Gasteiger partial charge in [0.15, 0.2) is 0 Å². The van der Waals surface area contributed by atoms with Gasteiger partial charge in [0.05, 0.1) is 12.0 Å². The van der Waals surface area contributed by atoms with Crippen LogP contribution in [0.25, 0.3) is 0 Å². The molecule has 0 aromatic carbocycles. The summed E-state index contributed by atoms with van der Waals surface area (Å²) >= 11 is 0. The Morgan fingerprint density at radius 3 is 3.11 bits per heavy atom. The molecular formula is C12H20N4O2. The van der Waals surface area contributed by atoms with Gasteiger partial charge in [0.2, 0.25) is 11.7 Å². The topological polar surface area (TPSA) is 63.4 Å². The fourth-order valence-corrected chi connectivity index (χ4v) is 2.54. The monoisotopic (exact) mass is 252 g/mol. The molecule has 2 saturated heterocycles. The van der Waals surface area contributed by atoms with Gasteiger partial charge in [-0.05, 0) is 26.9 Å². The molecule has 3 rings (SSSR count). The van der Waals surface area contributed by atoms with Crippen LogP contribution in [0.15, 0.2) is 4.52 Å². The van der Waals surface area contributed by atoms with Crippen LogP contribution < -0.4 is 5.32 Å². The predicted molar refractivity (Wildman–Crippen MR) is 65.3 cm³/mol. The van der Waals surface area contributed by atoms with E-state index in [1.54, 1.807) is 0 Å². The van der Waals surface area contributed by atoms with Gasteiger partial charge in [0.25, 0.3) is 0 Å². The molecule has 0 amide bonds. The molecule has 6 heteroatoms. The normalized spacial score (nSPS) is 34.0. The van der Waals surface area contributed by atoms with Gasteiger partial charge in [-0.15, -0.1) is 0 Å². The minimum absolute atomic E-state index is 0.0220. The molecule has 2 fully saturated rings. The quantitative estimate of drug-likeness (QED) is 0.818. The highest BCUT2D eigenvalue weighted by Crippen LogP contribution is 2.30. The van der Waals surface area contributed by atoms with E-state index in [2.05, 4.69) is 34.3 Å². The molecule has 1 aromatic rings. The van der Waals surface area contributed by atoms with Gasteiger partial charge in [0.1, 0.15) is 6.10 Å². The number of ether oxygens (including phenoxy) is 1. The molecule has 0 spiro atoms. The Hall–Kier alpha value is -0.980. The fraction of sp³-hybridized carbons (Fsp3) is 0.833. The van der Waals surface area contributed by atoms with E-state index in [9.17, 15) is 0 Å². The first-order valence-electron chi connectivity index (χ1n) is 6.52. The third-order valence-corrected chi connectivity index (χ3v) is 3.88. The largest absolute Gasteiger partial charge is 0.367 e. The summed E-state index contributed by atoms with van der Waals surface area (Å²) in [6.07, 6.45) is 0.985. The summed E-state index contributed by atoms with van der Waals surface area (Å²) in [5.74, 6) is 1.42. The third kappa shape index (κ3) is 2.15. The van der Waals surface area contributed by atoms with Crippen LogP contribution in [0.1, 0.15) is 31.2 Å². The Kier molecular flexibility index (Phi) is 3.09. The van der Waals surface area contributed by atoms with Crippen molar-refractivity contribution in [2.75, 3.05) is 39.8 Å². The van der Waals surface area contributed by atoms with Crippen molar-refractivity contribution in [3.8, 4) is 0 Å². The number of nitrogens with zero attached hydrogens (tertiary/aromatic N) is 3. The first-order valence-corrected chi connectivity index (χ1v) is 6.52. The van der Waals surface area contributed by atoms with Crippen molar-refractivity contribution in [1.29, 1.82) is 0 Å². The maximum absolute atomic E-state index is 5.70. The van der Waals surface area contributed by atoms with Crippen molar-refractivity contribution in [1.82, 2.24) is 20.4 Å². The number of rotatable bonds is 2. The summed E-state index contributed by atoms with van der Waals surface area (Å²) in [4.78, 5) is 6.78. The highest BCUT2D eigenvalue weighted by atomic mass is 16.5. The van der Waals surface area contributed by atoms with Gasteiger partial charge in [-0.25, -0.2) is 0 Å². The molecule has 6 nitrogen and oxygen atoms in total. The average Bonchev–Trinajstić information content (AvgIpc) is 2.98. The Labute approximate surface area is 107 Å². The van der Waals surface area contributed by atoms with Crippen LogP contribution in [-0.2, 0) is 10.2 Å². The van der Waals surface area contributed by atoms with E-state index in [-0.39, 0.29) is 11.5 Å². The molecule has 0 radical (unpaired) electrons. The average molecular weight is 252 g/mol. The summed E-state index contributed by atoms with van der Waals surface area (Å²) < 4.78 is 11.1. The van der Waals surface area contributed by atoms with Crippen molar-refractivity contribution < 1.29 is 9.26 Å². The zero-order chi connectivity index (χ0) is 12.6. The maximum Gasteiger partial charge on any atom is 0.234 e. The van der Waals surface area contributed by atoms with Gasteiger partial charge in [-0.1, -0.05) is 5.16 Å². The van der Waals surface area contributed by atoms with Gasteiger partial charge >= 0.3 is 0 Å². The number of nitrogens with one attached hydrogen (secondary N) is 1. The van der Waals surface area contributed by atoms with E-state index >= 15 is 0 Å². The summed E-state index contributed by atoms with van der Waals surface area (Å²) in [6, 6.07) is 0. The number of likely N-dealkylation sites (N-methyl/N-ethyl adjacent to an activating group) is 1. The van der Waals surface area contributed by atoms with Crippen LogP contribution in [-0.4, -0.2) is 54.9 Å². The Morgan fingerprint density at radius 2 is 2.39 bits per heavy atom. The number of hydrogen-bond acceptors (Lipinski definition) is 6. The lowest BCUT2D eigenvalue weighted by molar-refractivity contribution is -0.0264. The summed E-state index contributed by atoms with van der Waals surface area (Å²) in [5, 5.41) is 7.44. The highest BCUT2D eigenvalue weighted by Gasteiger charge is 2.37. The van der Waals surface area contributed by atoms with E-state index in [4.69, 9.17) is 9.26 Å². The molecule has 1 aromatic heterocycles. The SMILES string of the molecule is CN1CCOC(c2noc(C3(C)CCNC3)n2)C1. The van der Waals surface area contributed by atoms with E-state index in [0.29, 0.717) is 5.82 Å². The van der Waals surface area contributed by atoms with Gasteiger partial charge in [-0.3, -0.25) is 0 Å². The van der Waals surface area contributed by atoms with E-state index in [1.807, 2.05) is 0 Å². The Balaban J connectivity index is 1.76. The van der Waals surface area contributed by atoms with Crippen molar-refractivity contribution in [3.05, 3.63) is 11.7 Å². The van der Waals surface area contributed by atoms with Crippen molar-refractivity contribution in [2.24, 2.45) is 0 Å². The number of hydrogen-bond donors (Lipinski definition) is 1. The first-order chi connectivity index (χ1) is 8.67. The second-order valence-electron chi connectivity index (χ2n) is 5.57. The zero-order valence-electron chi connectivity index (χ0n) is 11.0. The highest BCUT2D eigenvalue weighted by molar-refractivity contribution is 5.08. The molecule has 0 saturated carbocycles. The lowest BCUT2D eigenvalue weighted by Gasteiger charge is -2.27. The minimum Gasteiger partial charge on any atom is -0.367 e. The molecule has 1 N–H and O–H groups in total. The smallest absolute Gasteiger partial charge is 0.234 e. The molecule has 100 valence electrons. The number of morpholine rings is 1. The van der Waals surface area contributed by atoms with Crippen molar-refractivity contribution >= 4 is 0 Å².